The van der Waals surface area contributed by atoms with Crippen molar-refractivity contribution < 1.29 is 29.3 Å². The van der Waals surface area contributed by atoms with Gasteiger partial charge in [0.05, 0.1) is 12.0 Å². The maximum absolute atomic E-state index is 12.6. The van der Waals surface area contributed by atoms with Gasteiger partial charge in [-0.15, -0.1) is 11.8 Å². The van der Waals surface area contributed by atoms with Crippen LogP contribution in [-0.4, -0.2) is 50.0 Å². The standard InChI is InChI=1S/C20H24ClNO6S2/c1-10(23)13-15(21)22(16(13)24)14(17(25)26)18(30-19(27)20(2,3)4)28-11-6-8-12(29-5)9-7-11/h6-10,13,15,23H,1-5H3,(H,25,26)/t10-,13-,15+/m1/s1. The normalized spacial score (nSPS) is 20.9. The van der Waals surface area contributed by atoms with E-state index in [9.17, 15) is 24.6 Å². The molecule has 2 rings (SSSR count). The summed E-state index contributed by atoms with van der Waals surface area (Å²) in [6.45, 7) is 6.48. The predicted octanol–water partition coefficient (Wildman–Crippen LogP) is 3.75. The zero-order valence-corrected chi connectivity index (χ0v) is 19.6. The van der Waals surface area contributed by atoms with Gasteiger partial charge in [0, 0.05) is 10.3 Å². The van der Waals surface area contributed by atoms with E-state index in [1.165, 1.54) is 18.7 Å². The molecule has 164 valence electrons. The SMILES string of the molecule is CSc1ccc(OC(SC(=O)C(C)(C)C)=C(C(=O)O)N2C(=O)[C@H]([C@@H](C)O)[C@H]2Cl)cc1. The highest BCUT2D eigenvalue weighted by atomic mass is 35.5. The van der Waals surface area contributed by atoms with E-state index in [1.54, 1.807) is 45.0 Å². The highest BCUT2D eigenvalue weighted by Gasteiger charge is 2.53. The Morgan fingerprint density at radius 2 is 1.80 bits per heavy atom. The zero-order valence-electron chi connectivity index (χ0n) is 17.2. The van der Waals surface area contributed by atoms with Crippen LogP contribution in [0, 0.1) is 11.3 Å². The number of likely N-dealkylation sites (tertiary alicyclic amines) is 1. The third kappa shape index (κ3) is 5.32. The summed E-state index contributed by atoms with van der Waals surface area (Å²) in [5, 5.41) is 19.0. The lowest BCUT2D eigenvalue weighted by Gasteiger charge is -2.44. The Morgan fingerprint density at radius 3 is 2.20 bits per heavy atom. The Morgan fingerprint density at radius 1 is 1.23 bits per heavy atom. The van der Waals surface area contributed by atoms with E-state index in [0.717, 1.165) is 9.80 Å². The Balaban J connectivity index is 2.51. The van der Waals surface area contributed by atoms with Gasteiger partial charge in [-0.25, -0.2) is 4.79 Å². The molecule has 30 heavy (non-hydrogen) atoms. The summed E-state index contributed by atoms with van der Waals surface area (Å²) in [5.41, 5.74) is -2.40. The van der Waals surface area contributed by atoms with Crippen LogP contribution in [-0.2, 0) is 14.4 Å². The first-order chi connectivity index (χ1) is 13.9. The van der Waals surface area contributed by atoms with Crippen molar-refractivity contribution >= 4 is 52.1 Å². The first-order valence-electron chi connectivity index (χ1n) is 9.05. The van der Waals surface area contributed by atoms with Gasteiger partial charge in [-0.05, 0) is 49.2 Å². The molecule has 0 spiro atoms. The van der Waals surface area contributed by atoms with Crippen molar-refractivity contribution in [3.63, 3.8) is 0 Å². The number of benzene rings is 1. The number of aliphatic carboxylic acids is 1. The second kappa shape index (κ2) is 9.64. The van der Waals surface area contributed by atoms with E-state index in [2.05, 4.69) is 0 Å². The molecule has 7 nitrogen and oxygen atoms in total. The van der Waals surface area contributed by atoms with Crippen molar-refractivity contribution in [1.82, 2.24) is 4.90 Å². The van der Waals surface area contributed by atoms with E-state index in [0.29, 0.717) is 17.5 Å². The summed E-state index contributed by atoms with van der Waals surface area (Å²) >= 11 is 8.35. The fraction of sp³-hybridized carbons (Fsp3) is 0.450. The number of β-lactam (4-membered cyclic amide) rings is 1. The van der Waals surface area contributed by atoms with Gasteiger partial charge >= 0.3 is 5.97 Å². The van der Waals surface area contributed by atoms with Gasteiger partial charge in [0.2, 0.25) is 11.0 Å². The number of alkyl halides is 1. The third-order valence-corrected chi connectivity index (χ3v) is 6.76. The van der Waals surface area contributed by atoms with Gasteiger partial charge in [0.25, 0.3) is 0 Å². The van der Waals surface area contributed by atoms with Gasteiger partial charge in [-0.2, -0.15) is 0 Å². The van der Waals surface area contributed by atoms with Gasteiger partial charge in [0.15, 0.2) is 10.8 Å². The predicted molar refractivity (Wildman–Crippen MR) is 117 cm³/mol. The van der Waals surface area contributed by atoms with Crippen LogP contribution in [0.1, 0.15) is 27.7 Å². The van der Waals surface area contributed by atoms with Crippen molar-refractivity contribution in [3.8, 4) is 5.75 Å². The monoisotopic (exact) mass is 473 g/mol. The molecular weight excluding hydrogens is 450 g/mol. The van der Waals surface area contributed by atoms with Crippen molar-refractivity contribution in [2.24, 2.45) is 11.3 Å². The lowest BCUT2D eigenvalue weighted by Crippen LogP contribution is -2.62. The molecule has 0 aromatic heterocycles. The number of aliphatic hydroxyl groups is 1. The quantitative estimate of drug-likeness (QED) is 0.154. The highest BCUT2D eigenvalue weighted by molar-refractivity contribution is 8.16. The molecule has 2 N–H and O–H groups in total. The van der Waals surface area contributed by atoms with Crippen LogP contribution in [0.3, 0.4) is 0 Å². The molecule has 3 atom stereocenters. The fourth-order valence-electron chi connectivity index (χ4n) is 2.54. The van der Waals surface area contributed by atoms with Crippen LogP contribution < -0.4 is 4.74 Å². The molecule has 0 bridgehead atoms. The Kier molecular flexibility index (Phi) is 7.90. The van der Waals surface area contributed by atoms with Crippen molar-refractivity contribution in [2.75, 3.05) is 6.26 Å². The number of rotatable bonds is 7. The molecule has 0 saturated carbocycles. The van der Waals surface area contributed by atoms with Crippen LogP contribution in [0.4, 0.5) is 0 Å². The molecule has 0 unspecified atom stereocenters. The largest absolute Gasteiger partial charge is 0.476 e. The zero-order chi connectivity index (χ0) is 22.8. The fourth-order valence-corrected chi connectivity index (χ4v) is 4.36. The lowest BCUT2D eigenvalue weighted by molar-refractivity contribution is -0.158. The Bertz CT molecular complexity index is 863. The molecule has 1 aromatic rings. The van der Waals surface area contributed by atoms with Crippen LogP contribution in [0.25, 0.3) is 0 Å². The van der Waals surface area contributed by atoms with E-state index < -0.39 is 40.5 Å². The number of hydrogen-bond donors (Lipinski definition) is 2. The van der Waals surface area contributed by atoms with E-state index in [1.807, 2.05) is 6.26 Å². The van der Waals surface area contributed by atoms with Crippen LogP contribution >= 0.6 is 35.1 Å². The second-order valence-corrected chi connectivity index (χ2v) is 9.98. The molecule has 1 amide bonds. The third-order valence-electron chi connectivity index (χ3n) is 4.29. The molecule has 1 aliphatic rings. The smallest absolute Gasteiger partial charge is 0.357 e. The molecule has 1 aliphatic heterocycles. The minimum atomic E-state index is -1.47. The number of carboxylic acids is 1. The van der Waals surface area contributed by atoms with Gasteiger partial charge in [-0.3, -0.25) is 14.5 Å². The van der Waals surface area contributed by atoms with Crippen molar-refractivity contribution in [2.45, 2.75) is 44.2 Å². The molecule has 1 saturated heterocycles. The first-order valence-corrected chi connectivity index (χ1v) is 11.5. The summed E-state index contributed by atoms with van der Waals surface area (Å²) in [5.74, 6) is -2.75. The summed E-state index contributed by atoms with van der Waals surface area (Å²) in [4.78, 5) is 39.0. The number of halogens is 1. The van der Waals surface area contributed by atoms with Crippen molar-refractivity contribution in [3.05, 3.63) is 35.1 Å². The molecule has 1 fully saturated rings. The van der Waals surface area contributed by atoms with Crippen molar-refractivity contribution in [1.29, 1.82) is 0 Å². The van der Waals surface area contributed by atoms with Gasteiger partial charge in [0.1, 0.15) is 11.3 Å². The number of hydrogen-bond acceptors (Lipinski definition) is 7. The number of ether oxygens (including phenoxy) is 1. The average molecular weight is 474 g/mol. The molecule has 1 heterocycles. The van der Waals surface area contributed by atoms with E-state index >= 15 is 0 Å². The maximum atomic E-state index is 12.6. The number of amides is 1. The summed E-state index contributed by atoms with van der Waals surface area (Å²) in [6, 6.07) is 6.86. The van der Waals surface area contributed by atoms with Crippen LogP contribution in [0.5, 0.6) is 5.75 Å². The van der Waals surface area contributed by atoms with Crippen LogP contribution in [0.15, 0.2) is 39.9 Å². The summed E-state index contributed by atoms with van der Waals surface area (Å²) < 4.78 is 5.77. The second-order valence-electron chi connectivity index (χ2n) is 7.71. The molecular formula is C20H24ClNO6S2. The van der Waals surface area contributed by atoms with Crippen LogP contribution in [0.2, 0.25) is 0 Å². The Labute approximate surface area is 188 Å². The number of carbonyl (C=O) groups excluding carboxylic acids is 2. The minimum Gasteiger partial charge on any atom is -0.476 e. The lowest BCUT2D eigenvalue weighted by atomic mass is 9.92. The first kappa shape index (κ1) is 24.6. The summed E-state index contributed by atoms with van der Waals surface area (Å²) in [7, 11) is 0. The number of nitrogens with zero attached hydrogens (tertiary/aromatic N) is 1. The number of carbonyl (C=O) groups is 3. The Hall–Kier alpha value is -1.68. The molecule has 1 aromatic carbocycles. The topological polar surface area (TPSA) is 104 Å². The summed E-state index contributed by atoms with van der Waals surface area (Å²) in [6.07, 6.45) is 0.870. The molecule has 0 aliphatic carbocycles. The minimum absolute atomic E-state index is 0.262. The number of carboxylic acid groups (broad SMARTS) is 1. The number of aliphatic hydroxyl groups excluding tert-OH is 1. The molecule has 0 radical (unpaired) electrons. The molecule has 10 heteroatoms. The van der Waals surface area contributed by atoms with E-state index in [-0.39, 0.29) is 10.2 Å². The van der Waals surface area contributed by atoms with Gasteiger partial charge in [-0.1, -0.05) is 32.4 Å². The number of thioether (sulfide) groups is 2. The maximum Gasteiger partial charge on any atom is 0.357 e. The highest BCUT2D eigenvalue weighted by Crippen LogP contribution is 2.40. The van der Waals surface area contributed by atoms with Gasteiger partial charge < -0.3 is 14.9 Å². The van der Waals surface area contributed by atoms with E-state index in [4.69, 9.17) is 16.3 Å². The average Bonchev–Trinajstić information content (AvgIpc) is 2.64.